The molecule has 1 heterocycles. The Kier molecular flexibility index (Phi) is 2.36. The molecule has 0 radical (unpaired) electrons. The van der Waals surface area contributed by atoms with E-state index in [0.717, 1.165) is 12.8 Å². The number of rotatable bonds is 2. The zero-order valence-electron chi connectivity index (χ0n) is 9.18. The van der Waals surface area contributed by atoms with E-state index in [1.165, 1.54) is 17.5 Å². The Morgan fingerprint density at radius 1 is 1.29 bits per heavy atom. The number of carbonyl (C=O) groups excluding carboxylic acids is 1. The number of fused-ring (bicyclic) bond motifs is 1. The van der Waals surface area contributed by atoms with Crippen molar-refractivity contribution in [2.24, 2.45) is 0 Å². The Hall–Kier alpha value is -2.17. The number of aromatic amines is 1. The fourth-order valence-corrected chi connectivity index (χ4v) is 2.23. The smallest absolute Gasteiger partial charge is 0.288 e. The molecule has 5 nitrogen and oxygen atoms in total. The Labute approximate surface area is 98.3 Å². The lowest BCUT2D eigenvalue weighted by Gasteiger charge is -2.09. The highest BCUT2D eigenvalue weighted by Crippen LogP contribution is 2.21. The second-order valence-corrected chi connectivity index (χ2v) is 4.18. The van der Waals surface area contributed by atoms with Crippen LogP contribution in [0.4, 0.5) is 0 Å². The average molecular weight is 228 g/mol. The average Bonchev–Trinajstić information content (AvgIpc) is 2.97. The van der Waals surface area contributed by atoms with Gasteiger partial charge in [-0.05, 0) is 24.0 Å². The summed E-state index contributed by atoms with van der Waals surface area (Å²) in [5.41, 5.74) is 2.63. The molecule has 1 amide bonds. The third kappa shape index (κ3) is 1.91. The zero-order chi connectivity index (χ0) is 11.7. The molecule has 1 aliphatic carbocycles. The molecule has 1 aromatic carbocycles. The zero-order valence-corrected chi connectivity index (χ0v) is 9.18. The topological polar surface area (TPSA) is 70.7 Å². The number of carbonyl (C=O) groups is 1. The van der Waals surface area contributed by atoms with Gasteiger partial charge in [-0.2, -0.15) is 5.10 Å². The first kappa shape index (κ1) is 10.0. The van der Waals surface area contributed by atoms with Gasteiger partial charge in [-0.1, -0.05) is 24.3 Å². The molecular weight excluding hydrogens is 216 g/mol. The van der Waals surface area contributed by atoms with E-state index in [-0.39, 0.29) is 17.8 Å². The summed E-state index contributed by atoms with van der Waals surface area (Å²) in [5.74, 6) is 0.0706. The van der Waals surface area contributed by atoms with E-state index in [0.29, 0.717) is 0 Å². The molecule has 1 aliphatic rings. The van der Waals surface area contributed by atoms with E-state index in [4.69, 9.17) is 0 Å². The predicted octanol–water partition coefficient (Wildman–Crippen LogP) is 0.702. The highest BCUT2D eigenvalue weighted by molar-refractivity contribution is 5.90. The van der Waals surface area contributed by atoms with Crippen molar-refractivity contribution in [1.82, 2.24) is 20.5 Å². The normalized spacial score (nSPS) is 14.6. The van der Waals surface area contributed by atoms with Crippen molar-refractivity contribution in [2.75, 3.05) is 0 Å². The van der Waals surface area contributed by atoms with Gasteiger partial charge in [-0.3, -0.25) is 9.89 Å². The monoisotopic (exact) mass is 228 g/mol. The van der Waals surface area contributed by atoms with Crippen LogP contribution in [-0.4, -0.2) is 27.1 Å². The minimum Gasteiger partial charge on any atom is -0.346 e. The fourth-order valence-electron chi connectivity index (χ4n) is 2.23. The summed E-state index contributed by atoms with van der Waals surface area (Å²) in [6, 6.07) is 8.43. The van der Waals surface area contributed by atoms with Crippen molar-refractivity contribution in [1.29, 1.82) is 0 Å². The van der Waals surface area contributed by atoms with Gasteiger partial charge in [0.2, 0.25) is 5.82 Å². The van der Waals surface area contributed by atoms with Gasteiger partial charge < -0.3 is 5.32 Å². The van der Waals surface area contributed by atoms with Crippen LogP contribution < -0.4 is 5.32 Å². The molecule has 0 bridgehead atoms. The van der Waals surface area contributed by atoms with Gasteiger partial charge in [0.25, 0.3) is 5.91 Å². The highest BCUT2D eigenvalue weighted by Gasteiger charge is 2.23. The van der Waals surface area contributed by atoms with E-state index in [1.807, 2.05) is 12.1 Å². The van der Waals surface area contributed by atoms with Crippen LogP contribution in [0.15, 0.2) is 30.6 Å². The lowest BCUT2D eigenvalue weighted by atomic mass is 10.1. The second-order valence-electron chi connectivity index (χ2n) is 4.18. The van der Waals surface area contributed by atoms with Crippen LogP contribution >= 0.6 is 0 Å². The first-order chi connectivity index (χ1) is 8.33. The molecule has 1 aromatic heterocycles. The molecule has 0 atom stereocenters. The number of nitrogens with zero attached hydrogens (tertiary/aromatic N) is 2. The van der Waals surface area contributed by atoms with Crippen LogP contribution in [0.5, 0.6) is 0 Å². The molecule has 17 heavy (non-hydrogen) atoms. The third-order valence-corrected chi connectivity index (χ3v) is 3.02. The summed E-state index contributed by atoms with van der Waals surface area (Å²) in [6.45, 7) is 0. The molecule has 5 heteroatoms. The summed E-state index contributed by atoms with van der Waals surface area (Å²) in [4.78, 5) is 15.6. The molecule has 3 rings (SSSR count). The molecule has 0 unspecified atom stereocenters. The summed E-state index contributed by atoms with van der Waals surface area (Å²) >= 11 is 0. The summed E-state index contributed by atoms with van der Waals surface area (Å²) in [6.07, 6.45) is 3.10. The van der Waals surface area contributed by atoms with Crippen molar-refractivity contribution in [3.8, 4) is 0 Å². The van der Waals surface area contributed by atoms with E-state index in [2.05, 4.69) is 32.6 Å². The van der Waals surface area contributed by atoms with Crippen molar-refractivity contribution >= 4 is 5.91 Å². The van der Waals surface area contributed by atoms with Gasteiger partial charge in [0, 0.05) is 6.04 Å². The Morgan fingerprint density at radius 3 is 2.59 bits per heavy atom. The highest BCUT2D eigenvalue weighted by atomic mass is 16.2. The maximum atomic E-state index is 11.8. The van der Waals surface area contributed by atoms with Crippen LogP contribution in [0.25, 0.3) is 0 Å². The molecule has 86 valence electrons. The van der Waals surface area contributed by atoms with E-state index in [9.17, 15) is 4.79 Å². The van der Waals surface area contributed by atoms with Crippen LogP contribution in [0.2, 0.25) is 0 Å². The van der Waals surface area contributed by atoms with Crippen LogP contribution in [0.3, 0.4) is 0 Å². The van der Waals surface area contributed by atoms with Gasteiger partial charge in [0.1, 0.15) is 6.33 Å². The molecule has 0 saturated heterocycles. The van der Waals surface area contributed by atoms with Gasteiger partial charge >= 0.3 is 0 Å². The summed E-state index contributed by atoms with van der Waals surface area (Å²) in [7, 11) is 0. The first-order valence-corrected chi connectivity index (χ1v) is 5.56. The van der Waals surface area contributed by atoms with Crippen LogP contribution in [0.1, 0.15) is 21.7 Å². The number of amides is 1. The van der Waals surface area contributed by atoms with Gasteiger partial charge in [-0.15, -0.1) is 0 Å². The predicted molar refractivity (Wildman–Crippen MR) is 61.5 cm³/mol. The molecule has 2 aromatic rings. The number of hydrogen-bond donors (Lipinski definition) is 2. The van der Waals surface area contributed by atoms with Gasteiger partial charge in [-0.25, -0.2) is 4.98 Å². The second kappa shape index (κ2) is 4.01. The lowest BCUT2D eigenvalue weighted by Crippen LogP contribution is -2.35. The quantitative estimate of drug-likeness (QED) is 0.795. The Balaban J connectivity index is 1.68. The van der Waals surface area contributed by atoms with Crippen molar-refractivity contribution in [3.05, 3.63) is 47.5 Å². The number of nitrogens with one attached hydrogen (secondary N) is 2. The Bertz CT molecular complexity index is 510. The number of H-pyrrole nitrogens is 1. The van der Waals surface area contributed by atoms with Crippen LogP contribution in [0, 0.1) is 0 Å². The molecule has 0 aliphatic heterocycles. The number of aromatic nitrogens is 3. The van der Waals surface area contributed by atoms with Crippen molar-refractivity contribution in [2.45, 2.75) is 18.9 Å². The van der Waals surface area contributed by atoms with Crippen molar-refractivity contribution in [3.63, 3.8) is 0 Å². The number of hydrogen-bond acceptors (Lipinski definition) is 3. The van der Waals surface area contributed by atoms with Gasteiger partial charge in [0.15, 0.2) is 0 Å². The molecular formula is C12H12N4O. The largest absolute Gasteiger partial charge is 0.346 e. The van der Waals surface area contributed by atoms with Gasteiger partial charge in [0.05, 0.1) is 0 Å². The molecule has 0 spiro atoms. The molecule has 2 N–H and O–H groups in total. The number of benzene rings is 1. The Morgan fingerprint density at radius 2 is 2.00 bits per heavy atom. The molecule has 0 fully saturated rings. The van der Waals surface area contributed by atoms with E-state index >= 15 is 0 Å². The maximum Gasteiger partial charge on any atom is 0.288 e. The van der Waals surface area contributed by atoms with Crippen LogP contribution in [-0.2, 0) is 12.8 Å². The lowest BCUT2D eigenvalue weighted by molar-refractivity contribution is 0.0928. The van der Waals surface area contributed by atoms with Crippen molar-refractivity contribution < 1.29 is 4.79 Å². The standard InChI is InChI=1S/C12H12N4O/c17-12(11-13-7-14-16-11)15-10-5-8-3-1-2-4-9(8)6-10/h1-4,7,10H,5-6H2,(H,15,17)(H,13,14,16). The summed E-state index contributed by atoms with van der Waals surface area (Å²) < 4.78 is 0. The van der Waals surface area contributed by atoms with E-state index < -0.39 is 0 Å². The SMILES string of the molecule is O=C(NC1Cc2ccccc2C1)c1ncn[nH]1. The fraction of sp³-hybridized carbons (Fsp3) is 0.250. The maximum absolute atomic E-state index is 11.8. The molecule has 0 saturated carbocycles. The minimum atomic E-state index is -0.194. The minimum absolute atomic E-state index is 0.157. The first-order valence-electron chi connectivity index (χ1n) is 5.56. The third-order valence-electron chi connectivity index (χ3n) is 3.02. The van der Waals surface area contributed by atoms with E-state index in [1.54, 1.807) is 0 Å². The summed E-state index contributed by atoms with van der Waals surface area (Å²) in [5, 5.41) is 9.17.